The lowest BCUT2D eigenvalue weighted by atomic mass is 9.74. The van der Waals surface area contributed by atoms with Gasteiger partial charge in [0.1, 0.15) is 5.01 Å². The van der Waals surface area contributed by atoms with E-state index in [1.165, 1.54) is 0 Å². The average Bonchev–Trinajstić information content (AvgIpc) is 2.93. The number of nitrogens with one attached hydrogen (secondary N) is 2. The molecule has 2 atom stereocenters. The van der Waals surface area contributed by atoms with Crippen molar-refractivity contribution in [1.29, 1.82) is 0 Å². The molecule has 0 bridgehead atoms. The highest BCUT2D eigenvalue weighted by molar-refractivity contribution is 7.09. The van der Waals surface area contributed by atoms with Crippen LogP contribution in [0, 0.1) is 11.3 Å². The summed E-state index contributed by atoms with van der Waals surface area (Å²) >= 11 is 1.58. The number of carbonyl (C=O) groups excluding carboxylic acids is 1. The Morgan fingerprint density at radius 1 is 1.63 bits per heavy atom. The summed E-state index contributed by atoms with van der Waals surface area (Å²) < 4.78 is 0. The fraction of sp³-hybridized carbons (Fsp3) is 0.714. The van der Waals surface area contributed by atoms with Crippen LogP contribution in [-0.4, -0.2) is 24.0 Å². The number of amides is 1. The molecule has 1 aromatic heterocycles. The van der Waals surface area contributed by atoms with Gasteiger partial charge >= 0.3 is 0 Å². The number of thiazole rings is 1. The first-order valence-corrected chi connectivity index (χ1v) is 7.81. The maximum absolute atomic E-state index is 12.5. The van der Waals surface area contributed by atoms with Crippen molar-refractivity contribution >= 4 is 17.2 Å². The molecule has 1 fully saturated rings. The molecular formula is C14H23N3OS. The van der Waals surface area contributed by atoms with Gasteiger partial charge in [-0.1, -0.05) is 13.8 Å². The molecule has 2 unspecified atom stereocenters. The van der Waals surface area contributed by atoms with Crippen LogP contribution in [-0.2, 0) is 4.79 Å². The van der Waals surface area contributed by atoms with Gasteiger partial charge in [0, 0.05) is 17.0 Å². The molecule has 19 heavy (non-hydrogen) atoms. The van der Waals surface area contributed by atoms with Crippen LogP contribution >= 0.6 is 11.3 Å². The van der Waals surface area contributed by atoms with E-state index in [4.69, 9.17) is 0 Å². The second kappa shape index (κ2) is 6.01. The Bertz CT molecular complexity index is 410. The van der Waals surface area contributed by atoms with Gasteiger partial charge in [-0.3, -0.25) is 4.79 Å². The van der Waals surface area contributed by atoms with E-state index < -0.39 is 0 Å². The van der Waals surface area contributed by atoms with Gasteiger partial charge in [-0.25, -0.2) is 4.98 Å². The molecule has 0 aliphatic carbocycles. The number of carbonyl (C=O) groups is 1. The minimum absolute atomic E-state index is 0.0108. The first-order valence-electron chi connectivity index (χ1n) is 6.93. The summed E-state index contributed by atoms with van der Waals surface area (Å²) in [6, 6.07) is -0.0108. The molecular weight excluding hydrogens is 258 g/mol. The van der Waals surface area contributed by atoms with Gasteiger partial charge in [-0.15, -0.1) is 11.3 Å². The summed E-state index contributed by atoms with van der Waals surface area (Å²) in [7, 11) is 0. The highest BCUT2D eigenvalue weighted by atomic mass is 32.1. The first kappa shape index (κ1) is 14.5. The van der Waals surface area contributed by atoms with Crippen LogP contribution in [0.5, 0.6) is 0 Å². The van der Waals surface area contributed by atoms with Crippen molar-refractivity contribution in [3.63, 3.8) is 0 Å². The van der Waals surface area contributed by atoms with Crippen molar-refractivity contribution in [2.75, 3.05) is 13.1 Å². The highest BCUT2D eigenvalue weighted by Crippen LogP contribution is 2.32. The Balaban J connectivity index is 1.97. The molecule has 1 aliphatic heterocycles. The van der Waals surface area contributed by atoms with E-state index >= 15 is 0 Å². The molecule has 1 amide bonds. The summed E-state index contributed by atoms with van der Waals surface area (Å²) in [6.45, 7) is 8.10. The van der Waals surface area contributed by atoms with Crippen molar-refractivity contribution in [2.45, 2.75) is 39.7 Å². The minimum atomic E-state index is -0.334. The monoisotopic (exact) mass is 281 g/mol. The van der Waals surface area contributed by atoms with Crippen molar-refractivity contribution in [3.05, 3.63) is 16.6 Å². The molecule has 0 aromatic carbocycles. The van der Waals surface area contributed by atoms with Gasteiger partial charge in [0.15, 0.2) is 0 Å². The molecule has 1 saturated heterocycles. The number of hydrogen-bond donors (Lipinski definition) is 2. The SMILES string of the molecule is CC(NC(=O)C(C)(C)C1CCCNC1)c1nccs1. The van der Waals surface area contributed by atoms with E-state index in [2.05, 4.69) is 29.5 Å². The normalized spacial score (nSPS) is 21.9. The molecule has 0 saturated carbocycles. The Hall–Kier alpha value is -0.940. The second-order valence-corrected chi connectivity index (χ2v) is 6.76. The van der Waals surface area contributed by atoms with E-state index in [0.29, 0.717) is 5.92 Å². The van der Waals surface area contributed by atoms with Gasteiger partial charge < -0.3 is 10.6 Å². The summed E-state index contributed by atoms with van der Waals surface area (Å²) in [5.74, 6) is 0.536. The van der Waals surface area contributed by atoms with Gasteiger partial charge in [0.25, 0.3) is 0 Å². The second-order valence-electron chi connectivity index (χ2n) is 5.83. The standard InChI is InChI=1S/C14H23N3OS/c1-10(12-16-7-8-19-12)17-13(18)14(2,3)11-5-4-6-15-9-11/h7-8,10-11,15H,4-6,9H2,1-3H3,(H,17,18). The molecule has 2 rings (SSSR count). The summed E-state index contributed by atoms with van der Waals surface area (Å²) in [5.41, 5.74) is -0.334. The zero-order valence-electron chi connectivity index (χ0n) is 11.9. The largest absolute Gasteiger partial charge is 0.347 e. The molecule has 0 radical (unpaired) electrons. The number of rotatable bonds is 4. The van der Waals surface area contributed by atoms with Crippen LogP contribution in [0.15, 0.2) is 11.6 Å². The summed E-state index contributed by atoms with van der Waals surface area (Å²) in [6.07, 6.45) is 4.06. The zero-order chi connectivity index (χ0) is 13.9. The summed E-state index contributed by atoms with van der Waals surface area (Å²) in [5, 5.41) is 9.39. The molecule has 106 valence electrons. The number of hydrogen-bond acceptors (Lipinski definition) is 4. The van der Waals surface area contributed by atoms with Crippen LogP contribution in [0.1, 0.15) is 44.7 Å². The number of aromatic nitrogens is 1. The van der Waals surface area contributed by atoms with Crippen molar-refractivity contribution in [3.8, 4) is 0 Å². The number of piperidine rings is 1. The van der Waals surface area contributed by atoms with E-state index in [-0.39, 0.29) is 17.4 Å². The first-order chi connectivity index (χ1) is 9.01. The maximum atomic E-state index is 12.5. The third kappa shape index (κ3) is 3.34. The quantitative estimate of drug-likeness (QED) is 0.890. The molecule has 1 aromatic rings. The molecule has 5 heteroatoms. The summed E-state index contributed by atoms with van der Waals surface area (Å²) in [4.78, 5) is 16.8. The topological polar surface area (TPSA) is 54.0 Å². The van der Waals surface area contributed by atoms with Crippen LogP contribution in [0.3, 0.4) is 0 Å². The van der Waals surface area contributed by atoms with Crippen LogP contribution in [0.4, 0.5) is 0 Å². The van der Waals surface area contributed by atoms with Crippen LogP contribution < -0.4 is 10.6 Å². The molecule has 1 aliphatic rings. The third-order valence-electron chi connectivity index (χ3n) is 4.07. The Kier molecular flexibility index (Phi) is 4.58. The predicted molar refractivity (Wildman–Crippen MR) is 78.0 cm³/mol. The predicted octanol–water partition coefficient (Wildman–Crippen LogP) is 2.35. The van der Waals surface area contributed by atoms with Gasteiger partial charge in [0.2, 0.25) is 5.91 Å². The molecule has 2 heterocycles. The lowest BCUT2D eigenvalue weighted by Gasteiger charge is -2.36. The average molecular weight is 281 g/mol. The van der Waals surface area contributed by atoms with Gasteiger partial charge in [0.05, 0.1) is 6.04 Å². The Labute approximate surface area is 119 Å². The van der Waals surface area contributed by atoms with Gasteiger partial charge in [-0.05, 0) is 38.8 Å². The zero-order valence-corrected chi connectivity index (χ0v) is 12.7. The maximum Gasteiger partial charge on any atom is 0.226 e. The Morgan fingerprint density at radius 3 is 3.00 bits per heavy atom. The van der Waals surface area contributed by atoms with E-state index in [0.717, 1.165) is 30.9 Å². The lowest BCUT2D eigenvalue weighted by Crippen LogP contribution is -2.47. The number of nitrogens with zero attached hydrogens (tertiary/aromatic N) is 1. The smallest absolute Gasteiger partial charge is 0.226 e. The minimum Gasteiger partial charge on any atom is -0.347 e. The van der Waals surface area contributed by atoms with E-state index in [1.807, 2.05) is 12.3 Å². The molecule has 4 nitrogen and oxygen atoms in total. The van der Waals surface area contributed by atoms with Gasteiger partial charge in [-0.2, -0.15) is 0 Å². The van der Waals surface area contributed by atoms with Crippen LogP contribution in [0.2, 0.25) is 0 Å². The van der Waals surface area contributed by atoms with E-state index in [1.54, 1.807) is 17.5 Å². The fourth-order valence-corrected chi connectivity index (χ4v) is 3.19. The van der Waals surface area contributed by atoms with E-state index in [9.17, 15) is 4.79 Å². The lowest BCUT2D eigenvalue weighted by molar-refractivity contribution is -0.133. The third-order valence-corrected chi connectivity index (χ3v) is 5.03. The Morgan fingerprint density at radius 2 is 2.42 bits per heavy atom. The highest BCUT2D eigenvalue weighted by Gasteiger charge is 2.37. The fourth-order valence-electron chi connectivity index (χ4n) is 2.55. The molecule has 2 N–H and O–H groups in total. The van der Waals surface area contributed by atoms with Crippen molar-refractivity contribution < 1.29 is 4.79 Å². The van der Waals surface area contributed by atoms with Crippen LogP contribution in [0.25, 0.3) is 0 Å². The van der Waals surface area contributed by atoms with Crippen molar-refractivity contribution in [1.82, 2.24) is 15.6 Å². The molecule has 0 spiro atoms. The van der Waals surface area contributed by atoms with Crippen molar-refractivity contribution in [2.24, 2.45) is 11.3 Å².